The molecule has 4 heterocycles. The molecule has 0 fully saturated rings. The van der Waals surface area contributed by atoms with Crippen LogP contribution in [0.5, 0.6) is 11.5 Å². The Bertz CT molecular complexity index is 1010. The van der Waals surface area contributed by atoms with E-state index in [9.17, 15) is 9.59 Å². The monoisotopic (exact) mass is 394 g/mol. The van der Waals surface area contributed by atoms with Gasteiger partial charge in [-0.15, -0.1) is 0 Å². The molecule has 0 aliphatic carbocycles. The van der Waals surface area contributed by atoms with Gasteiger partial charge in [0.25, 0.3) is 0 Å². The molecule has 0 radical (unpaired) electrons. The van der Waals surface area contributed by atoms with Crippen molar-refractivity contribution in [3.8, 4) is 11.5 Å². The molecular formula is C21H22N4O4. The van der Waals surface area contributed by atoms with E-state index in [-0.39, 0.29) is 12.5 Å². The van der Waals surface area contributed by atoms with Crippen molar-refractivity contribution >= 4 is 23.4 Å². The summed E-state index contributed by atoms with van der Waals surface area (Å²) < 4.78 is 10.2. The molecule has 8 heteroatoms. The molecule has 150 valence electrons. The van der Waals surface area contributed by atoms with Gasteiger partial charge in [0.2, 0.25) is 19.1 Å². The second-order valence-corrected chi connectivity index (χ2v) is 6.92. The smallest absolute Gasteiger partial charge is 0.242 e. The average Bonchev–Trinajstić information content (AvgIpc) is 3.37. The SMILES string of the molecule is CN(C=O)CC(=O)N1CCc2c([nH]c3ncccc23)C1.c1ccc2c(c1)OCO2. The van der Waals surface area contributed by atoms with Crippen molar-refractivity contribution in [2.75, 3.05) is 26.9 Å². The minimum Gasteiger partial charge on any atom is -0.454 e. The summed E-state index contributed by atoms with van der Waals surface area (Å²) in [5.41, 5.74) is 3.17. The minimum absolute atomic E-state index is 0.0307. The molecule has 3 aromatic rings. The number of nitrogens with zero attached hydrogens (tertiary/aromatic N) is 3. The van der Waals surface area contributed by atoms with E-state index in [1.54, 1.807) is 18.1 Å². The maximum atomic E-state index is 12.1. The van der Waals surface area contributed by atoms with Crippen LogP contribution in [-0.2, 0) is 22.6 Å². The minimum atomic E-state index is -0.0307. The van der Waals surface area contributed by atoms with E-state index in [1.165, 1.54) is 10.5 Å². The number of carbonyl (C=O) groups excluding carboxylic acids is 2. The van der Waals surface area contributed by atoms with Crippen molar-refractivity contribution in [3.63, 3.8) is 0 Å². The van der Waals surface area contributed by atoms with Gasteiger partial charge in [-0.25, -0.2) is 4.98 Å². The van der Waals surface area contributed by atoms with Gasteiger partial charge in [-0.05, 0) is 36.2 Å². The van der Waals surface area contributed by atoms with Crippen LogP contribution in [0.15, 0.2) is 42.6 Å². The maximum Gasteiger partial charge on any atom is 0.242 e. The third-order valence-electron chi connectivity index (χ3n) is 4.94. The van der Waals surface area contributed by atoms with E-state index in [0.29, 0.717) is 26.3 Å². The fourth-order valence-corrected chi connectivity index (χ4v) is 3.48. The van der Waals surface area contributed by atoms with Gasteiger partial charge < -0.3 is 24.3 Å². The molecule has 0 bridgehead atoms. The van der Waals surface area contributed by atoms with Gasteiger partial charge in [0.15, 0.2) is 11.5 Å². The van der Waals surface area contributed by atoms with Crippen LogP contribution >= 0.6 is 0 Å². The highest BCUT2D eigenvalue weighted by molar-refractivity contribution is 5.83. The lowest BCUT2D eigenvalue weighted by atomic mass is 10.0. The first-order chi connectivity index (χ1) is 14.2. The molecule has 8 nitrogen and oxygen atoms in total. The van der Waals surface area contributed by atoms with Gasteiger partial charge >= 0.3 is 0 Å². The van der Waals surface area contributed by atoms with Crippen LogP contribution in [0, 0.1) is 0 Å². The zero-order valence-electron chi connectivity index (χ0n) is 16.1. The van der Waals surface area contributed by atoms with Crippen LogP contribution in [-0.4, -0.2) is 59.0 Å². The van der Waals surface area contributed by atoms with Gasteiger partial charge in [0.1, 0.15) is 5.65 Å². The van der Waals surface area contributed by atoms with Gasteiger partial charge in [-0.3, -0.25) is 9.59 Å². The molecule has 2 aromatic heterocycles. The maximum absolute atomic E-state index is 12.1. The van der Waals surface area contributed by atoms with E-state index in [4.69, 9.17) is 9.47 Å². The number of rotatable bonds is 3. The number of hydrogen-bond donors (Lipinski definition) is 1. The van der Waals surface area contributed by atoms with Crippen LogP contribution in [0.4, 0.5) is 0 Å². The number of fused-ring (bicyclic) bond motifs is 4. The Kier molecular flexibility index (Phi) is 5.33. The fourth-order valence-electron chi connectivity index (χ4n) is 3.48. The Labute approximate surface area is 168 Å². The molecule has 29 heavy (non-hydrogen) atoms. The van der Waals surface area contributed by atoms with E-state index in [1.807, 2.05) is 30.3 Å². The molecule has 0 spiro atoms. The van der Waals surface area contributed by atoms with E-state index < -0.39 is 0 Å². The molecule has 1 aromatic carbocycles. The van der Waals surface area contributed by atoms with E-state index in [2.05, 4.69) is 16.0 Å². The number of benzene rings is 1. The quantitative estimate of drug-likeness (QED) is 0.686. The number of pyridine rings is 1. The van der Waals surface area contributed by atoms with Gasteiger partial charge in [0.05, 0.1) is 13.1 Å². The zero-order chi connectivity index (χ0) is 20.2. The molecule has 2 aliphatic heterocycles. The molecule has 0 saturated carbocycles. The number of likely N-dealkylation sites (N-methyl/N-ethyl adjacent to an activating group) is 1. The number of carbonyl (C=O) groups is 2. The standard InChI is InChI=1S/C14H16N4O2.C7H6O2/c1-17(9-19)8-13(20)18-6-4-10-11-3-2-5-15-14(11)16-12(10)7-18;1-2-4-7-6(3-1)8-5-9-7/h2-3,5,9H,4,6-8H2,1H3,(H,15,16);1-4H,5H2. The number of aromatic nitrogens is 2. The van der Waals surface area contributed by atoms with E-state index in [0.717, 1.165) is 34.6 Å². The molecule has 0 saturated heterocycles. The highest BCUT2D eigenvalue weighted by Crippen LogP contribution is 2.30. The van der Waals surface area contributed by atoms with Crippen molar-refractivity contribution in [1.29, 1.82) is 0 Å². The van der Waals surface area contributed by atoms with Crippen LogP contribution in [0.1, 0.15) is 11.3 Å². The first-order valence-electron chi connectivity index (χ1n) is 9.38. The number of aromatic amines is 1. The Morgan fingerprint density at radius 2 is 2.00 bits per heavy atom. The van der Waals surface area contributed by atoms with Crippen LogP contribution < -0.4 is 9.47 Å². The average molecular weight is 394 g/mol. The first kappa shape index (κ1) is 18.8. The highest BCUT2D eigenvalue weighted by Gasteiger charge is 2.24. The summed E-state index contributed by atoms with van der Waals surface area (Å²) in [5, 5.41) is 1.14. The Hall–Kier alpha value is -3.55. The second kappa shape index (κ2) is 8.22. The number of amides is 2. The topological polar surface area (TPSA) is 87.8 Å². The van der Waals surface area contributed by atoms with Crippen molar-refractivity contribution in [3.05, 3.63) is 53.9 Å². The number of H-pyrrole nitrogens is 1. The van der Waals surface area contributed by atoms with Crippen LogP contribution in [0.3, 0.4) is 0 Å². The largest absolute Gasteiger partial charge is 0.454 e. The number of hydrogen-bond acceptors (Lipinski definition) is 5. The summed E-state index contributed by atoms with van der Waals surface area (Å²) in [4.78, 5) is 33.4. The number of para-hydroxylation sites is 2. The van der Waals surface area contributed by atoms with Crippen LogP contribution in [0.2, 0.25) is 0 Å². The van der Waals surface area contributed by atoms with Crippen molar-refractivity contribution in [2.45, 2.75) is 13.0 Å². The van der Waals surface area contributed by atoms with Gasteiger partial charge in [0, 0.05) is 30.9 Å². The molecular weight excluding hydrogens is 372 g/mol. The lowest BCUT2D eigenvalue weighted by Gasteiger charge is -2.28. The van der Waals surface area contributed by atoms with E-state index >= 15 is 0 Å². The highest BCUT2D eigenvalue weighted by atomic mass is 16.7. The first-order valence-corrected chi connectivity index (χ1v) is 9.38. The number of nitrogens with one attached hydrogen (secondary N) is 1. The summed E-state index contributed by atoms with van der Waals surface area (Å²) in [6.07, 6.45) is 3.24. The van der Waals surface area contributed by atoms with Crippen molar-refractivity contribution < 1.29 is 19.1 Å². The molecule has 0 unspecified atom stereocenters. The summed E-state index contributed by atoms with van der Waals surface area (Å²) in [5.74, 6) is 1.66. The second-order valence-electron chi connectivity index (χ2n) is 6.92. The zero-order valence-corrected chi connectivity index (χ0v) is 16.1. The lowest BCUT2D eigenvalue weighted by molar-refractivity contribution is -0.135. The molecule has 2 aliphatic rings. The van der Waals surface area contributed by atoms with Crippen molar-refractivity contribution in [2.24, 2.45) is 0 Å². The Morgan fingerprint density at radius 1 is 1.24 bits per heavy atom. The number of ether oxygens (including phenoxy) is 2. The Morgan fingerprint density at radius 3 is 2.72 bits per heavy atom. The molecule has 0 atom stereocenters. The molecule has 1 N–H and O–H groups in total. The van der Waals surface area contributed by atoms with Crippen LogP contribution in [0.25, 0.3) is 11.0 Å². The predicted molar refractivity (Wildman–Crippen MR) is 106 cm³/mol. The molecule has 5 rings (SSSR count). The lowest BCUT2D eigenvalue weighted by Crippen LogP contribution is -2.41. The fraction of sp³-hybridized carbons (Fsp3) is 0.286. The summed E-state index contributed by atoms with van der Waals surface area (Å²) >= 11 is 0. The summed E-state index contributed by atoms with van der Waals surface area (Å²) in [6.45, 7) is 1.72. The predicted octanol–water partition coefficient (Wildman–Crippen LogP) is 1.95. The third kappa shape index (κ3) is 4.01. The van der Waals surface area contributed by atoms with Crippen molar-refractivity contribution in [1.82, 2.24) is 19.8 Å². The van der Waals surface area contributed by atoms with Gasteiger partial charge in [-0.2, -0.15) is 0 Å². The summed E-state index contributed by atoms with van der Waals surface area (Å²) in [6, 6.07) is 11.6. The summed E-state index contributed by atoms with van der Waals surface area (Å²) in [7, 11) is 1.60. The van der Waals surface area contributed by atoms with Gasteiger partial charge in [-0.1, -0.05) is 12.1 Å². The molecule has 2 amide bonds. The normalized spacial score (nSPS) is 14.0. The Balaban J connectivity index is 0.000000188. The third-order valence-corrected chi connectivity index (χ3v) is 4.94.